The first kappa shape index (κ1) is 9.13. The summed E-state index contributed by atoms with van der Waals surface area (Å²) in [5.74, 6) is 0.409. The fraction of sp³-hybridized carbons (Fsp3) is 0.333. The summed E-state index contributed by atoms with van der Waals surface area (Å²) >= 11 is 0. The van der Waals surface area contributed by atoms with E-state index in [9.17, 15) is 0 Å². The Bertz CT molecular complexity index is 374. The van der Waals surface area contributed by atoms with E-state index < -0.39 is 0 Å². The molecule has 0 saturated heterocycles. The van der Waals surface area contributed by atoms with Gasteiger partial charge in [0.1, 0.15) is 0 Å². The van der Waals surface area contributed by atoms with Gasteiger partial charge in [-0.25, -0.2) is 0 Å². The zero-order valence-corrected chi connectivity index (χ0v) is 8.57. The van der Waals surface area contributed by atoms with Gasteiger partial charge in [-0.3, -0.25) is 9.98 Å². The van der Waals surface area contributed by atoms with Crippen LogP contribution in [0.4, 0.5) is 0 Å². The maximum atomic E-state index is 4.41. The minimum absolute atomic E-state index is 0.409. The molecule has 2 nitrogen and oxygen atoms in total. The van der Waals surface area contributed by atoms with Crippen LogP contribution in [0.3, 0.4) is 0 Å². The summed E-state index contributed by atoms with van der Waals surface area (Å²) in [6.07, 6.45) is 6.23. The Morgan fingerprint density at radius 3 is 2.71 bits per heavy atom. The molecule has 0 amide bonds. The second kappa shape index (κ2) is 3.74. The Kier molecular flexibility index (Phi) is 2.44. The highest BCUT2D eigenvalue weighted by Crippen LogP contribution is 2.19. The van der Waals surface area contributed by atoms with Gasteiger partial charge in [0, 0.05) is 30.1 Å². The molecule has 0 aromatic carbocycles. The van der Waals surface area contributed by atoms with Crippen LogP contribution < -0.4 is 0 Å². The topological polar surface area (TPSA) is 25.2 Å². The standard InChI is InChI=1S/C12H14N2/c1-9-3-5-11(7-13-9)12-6-4-10(2)14-8-12/h3-7,12H,8H2,1-2H3. The Morgan fingerprint density at radius 1 is 1.29 bits per heavy atom. The Labute approximate surface area is 84.4 Å². The summed E-state index contributed by atoms with van der Waals surface area (Å²) in [5.41, 5.74) is 3.43. The average molecular weight is 186 g/mol. The minimum atomic E-state index is 0.409. The number of pyridine rings is 1. The number of aliphatic imine (C=N–C) groups is 1. The number of aryl methyl sites for hydroxylation is 1. The molecule has 0 radical (unpaired) electrons. The Morgan fingerprint density at radius 2 is 2.14 bits per heavy atom. The van der Waals surface area contributed by atoms with Crippen molar-refractivity contribution in [2.75, 3.05) is 6.54 Å². The van der Waals surface area contributed by atoms with Crippen molar-refractivity contribution < 1.29 is 0 Å². The van der Waals surface area contributed by atoms with E-state index in [0.717, 1.165) is 18.0 Å². The second-order valence-corrected chi connectivity index (χ2v) is 3.68. The molecule has 0 bridgehead atoms. The molecule has 0 saturated carbocycles. The normalized spacial score (nSPS) is 20.7. The van der Waals surface area contributed by atoms with Crippen LogP contribution in [-0.2, 0) is 0 Å². The van der Waals surface area contributed by atoms with Gasteiger partial charge in [-0.15, -0.1) is 0 Å². The lowest BCUT2D eigenvalue weighted by atomic mass is 9.98. The van der Waals surface area contributed by atoms with Crippen molar-refractivity contribution in [3.8, 4) is 0 Å². The van der Waals surface area contributed by atoms with Crippen molar-refractivity contribution in [1.29, 1.82) is 0 Å². The summed E-state index contributed by atoms with van der Waals surface area (Å²) in [4.78, 5) is 8.70. The van der Waals surface area contributed by atoms with Gasteiger partial charge in [0.05, 0.1) is 0 Å². The molecule has 1 aliphatic heterocycles. The van der Waals surface area contributed by atoms with Gasteiger partial charge in [0.25, 0.3) is 0 Å². The van der Waals surface area contributed by atoms with E-state index in [1.54, 1.807) is 0 Å². The van der Waals surface area contributed by atoms with Crippen LogP contribution in [0.15, 0.2) is 35.5 Å². The van der Waals surface area contributed by atoms with Crippen molar-refractivity contribution in [3.63, 3.8) is 0 Å². The number of dihydropyridines is 1. The van der Waals surface area contributed by atoms with Crippen LogP contribution >= 0.6 is 0 Å². The fourth-order valence-corrected chi connectivity index (χ4v) is 1.53. The minimum Gasteiger partial charge on any atom is -0.289 e. The van der Waals surface area contributed by atoms with E-state index in [0.29, 0.717) is 5.92 Å². The van der Waals surface area contributed by atoms with E-state index in [1.807, 2.05) is 26.1 Å². The summed E-state index contributed by atoms with van der Waals surface area (Å²) in [7, 11) is 0. The Hall–Kier alpha value is -1.44. The third-order valence-electron chi connectivity index (χ3n) is 2.47. The molecular weight excluding hydrogens is 172 g/mol. The molecule has 2 heteroatoms. The van der Waals surface area contributed by atoms with Gasteiger partial charge < -0.3 is 0 Å². The molecular formula is C12H14N2. The van der Waals surface area contributed by atoms with Crippen LogP contribution in [-0.4, -0.2) is 17.2 Å². The van der Waals surface area contributed by atoms with E-state index in [2.05, 4.69) is 28.2 Å². The molecule has 0 aliphatic carbocycles. The van der Waals surface area contributed by atoms with Crippen LogP contribution in [0.25, 0.3) is 0 Å². The lowest BCUT2D eigenvalue weighted by Crippen LogP contribution is -2.07. The molecule has 72 valence electrons. The number of hydrogen-bond acceptors (Lipinski definition) is 2. The largest absolute Gasteiger partial charge is 0.289 e. The molecule has 0 fully saturated rings. The SMILES string of the molecule is CC1=NCC(c2ccc(C)nc2)C=C1. The molecule has 1 atom stereocenters. The van der Waals surface area contributed by atoms with Crippen molar-refractivity contribution in [3.05, 3.63) is 41.7 Å². The van der Waals surface area contributed by atoms with E-state index in [1.165, 1.54) is 5.56 Å². The monoisotopic (exact) mass is 186 g/mol. The molecule has 0 spiro atoms. The van der Waals surface area contributed by atoms with Gasteiger partial charge in [-0.05, 0) is 31.6 Å². The number of aromatic nitrogens is 1. The lowest BCUT2D eigenvalue weighted by Gasteiger charge is -2.14. The van der Waals surface area contributed by atoms with Gasteiger partial charge in [0.2, 0.25) is 0 Å². The van der Waals surface area contributed by atoms with Gasteiger partial charge in [-0.1, -0.05) is 12.1 Å². The molecule has 1 unspecified atom stereocenters. The summed E-state index contributed by atoms with van der Waals surface area (Å²) in [6, 6.07) is 4.18. The first-order valence-corrected chi connectivity index (χ1v) is 4.87. The molecule has 1 aliphatic rings. The van der Waals surface area contributed by atoms with Crippen LogP contribution in [0.2, 0.25) is 0 Å². The van der Waals surface area contributed by atoms with E-state index in [-0.39, 0.29) is 0 Å². The lowest BCUT2D eigenvalue weighted by molar-refractivity contribution is 0.832. The molecule has 0 N–H and O–H groups in total. The van der Waals surface area contributed by atoms with Crippen LogP contribution in [0.5, 0.6) is 0 Å². The van der Waals surface area contributed by atoms with Gasteiger partial charge in [0.15, 0.2) is 0 Å². The predicted octanol–water partition coefficient (Wildman–Crippen LogP) is 2.50. The number of nitrogens with zero attached hydrogens (tertiary/aromatic N) is 2. The zero-order valence-electron chi connectivity index (χ0n) is 8.57. The van der Waals surface area contributed by atoms with E-state index >= 15 is 0 Å². The molecule has 2 rings (SSSR count). The Balaban J connectivity index is 2.18. The van der Waals surface area contributed by atoms with Crippen molar-refractivity contribution >= 4 is 5.71 Å². The fourth-order valence-electron chi connectivity index (χ4n) is 1.53. The molecule has 1 aromatic rings. The van der Waals surface area contributed by atoms with Gasteiger partial charge in [-0.2, -0.15) is 0 Å². The molecule has 14 heavy (non-hydrogen) atoms. The van der Waals surface area contributed by atoms with Crippen molar-refractivity contribution in [2.24, 2.45) is 4.99 Å². The first-order chi connectivity index (χ1) is 6.75. The quantitative estimate of drug-likeness (QED) is 0.661. The highest BCUT2D eigenvalue weighted by atomic mass is 14.7. The van der Waals surface area contributed by atoms with Gasteiger partial charge >= 0.3 is 0 Å². The molecule has 2 heterocycles. The average Bonchev–Trinajstić information content (AvgIpc) is 2.21. The summed E-state index contributed by atoms with van der Waals surface area (Å²) < 4.78 is 0. The maximum Gasteiger partial charge on any atom is 0.0496 e. The smallest absolute Gasteiger partial charge is 0.0496 e. The second-order valence-electron chi connectivity index (χ2n) is 3.68. The third-order valence-corrected chi connectivity index (χ3v) is 2.47. The first-order valence-electron chi connectivity index (χ1n) is 4.87. The highest BCUT2D eigenvalue weighted by Gasteiger charge is 2.10. The summed E-state index contributed by atoms with van der Waals surface area (Å²) in [5, 5.41) is 0. The maximum absolute atomic E-state index is 4.41. The number of rotatable bonds is 1. The molecule has 1 aromatic heterocycles. The summed E-state index contributed by atoms with van der Waals surface area (Å²) in [6.45, 7) is 4.88. The third kappa shape index (κ3) is 1.90. The highest BCUT2D eigenvalue weighted by molar-refractivity contribution is 5.93. The number of hydrogen-bond donors (Lipinski definition) is 0. The zero-order chi connectivity index (χ0) is 9.97. The number of allylic oxidation sites excluding steroid dienone is 1. The van der Waals surface area contributed by atoms with Crippen molar-refractivity contribution in [2.45, 2.75) is 19.8 Å². The van der Waals surface area contributed by atoms with E-state index in [4.69, 9.17) is 0 Å². The van der Waals surface area contributed by atoms with Crippen LogP contribution in [0, 0.1) is 6.92 Å². The van der Waals surface area contributed by atoms with Crippen LogP contribution in [0.1, 0.15) is 24.1 Å². The predicted molar refractivity (Wildman–Crippen MR) is 58.8 cm³/mol. The van der Waals surface area contributed by atoms with Crippen molar-refractivity contribution in [1.82, 2.24) is 4.98 Å².